The Bertz CT molecular complexity index is 838. The number of fused-ring (bicyclic) bond motifs is 1. The standard InChI is InChI=1S/C23H31FO5S/c24-15-8-7-14-11-22(30-21(14)12-15)18(25)10-9-17-16(19(26)13-20(17)27)5-3-1-2-4-6-23(28)29/h7-8,11-12,16-20,25-27H,1-6,9-10,13H2,(H,28,29)/t16?,17?,18?,19-,20+/m0/s1. The van der Waals surface area contributed by atoms with Crippen LogP contribution >= 0.6 is 11.3 Å². The van der Waals surface area contributed by atoms with E-state index in [2.05, 4.69) is 0 Å². The van der Waals surface area contributed by atoms with Gasteiger partial charge >= 0.3 is 5.97 Å². The molecule has 3 unspecified atom stereocenters. The summed E-state index contributed by atoms with van der Waals surface area (Å²) in [6.45, 7) is 0. The Balaban J connectivity index is 1.50. The van der Waals surface area contributed by atoms with Gasteiger partial charge in [0.2, 0.25) is 0 Å². The van der Waals surface area contributed by atoms with Gasteiger partial charge in [0.25, 0.3) is 0 Å². The maximum Gasteiger partial charge on any atom is 0.303 e. The highest BCUT2D eigenvalue weighted by Gasteiger charge is 2.40. The maximum atomic E-state index is 13.4. The molecule has 5 nitrogen and oxygen atoms in total. The van der Waals surface area contributed by atoms with Gasteiger partial charge in [-0.2, -0.15) is 0 Å². The molecule has 4 N–H and O–H groups in total. The number of carboxylic acid groups (broad SMARTS) is 1. The van der Waals surface area contributed by atoms with E-state index in [1.54, 1.807) is 6.07 Å². The minimum absolute atomic E-state index is 0.00294. The lowest BCUT2D eigenvalue weighted by Crippen LogP contribution is -2.23. The summed E-state index contributed by atoms with van der Waals surface area (Å²) in [5.41, 5.74) is 0. The van der Waals surface area contributed by atoms with Crippen LogP contribution in [-0.4, -0.2) is 38.6 Å². The molecule has 0 amide bonds. The number of thiophene rings is 1. The number of aliphatic carboxylic acids is 1. The van der Waals surface area contributed by atoms with Crippen LogP contribution in [0, 0.1) is 17.7 Å². The van der Waals surface area contributed by atoms with Gasteiger partial charge in [-0.05, 0) is 67.5 Å². The van der Waals surface area contributed by atoms with E-state index in [-0.39, 0.29) is 24.1 Å². The van der Waals surface area contributed by atoms with Gasteiger partial charge in [0.1, 0.15) is 5.82 Å². The van der Waals surface area contributed by atoms with Crippen molar-refractivity contribution >= 4 is 27.4 Å². The number of carboxylic acids is 1. The molecule has 0 aliphatic heterocycles. The number of unbranched alkanes of at least 4 members (excludes halogenated alkanes) is 3. The molecule has 0 radical (unpaired) electrons. The highest BCUT2D eigenvalue weighted by molar-refractivity contribution is 7.19. The zero-order valence-electron chi connectivity index (χ0n) is 17.0. The van der Waals surface area contributed by atoms with E-state index in [1.807, 2.05) is 6.07 Å². The second-order valence-corrected chi connectivity index (χ2v) is 9.58. The Labute approximate surface area is 180 Å². The Morgan fingerprint density at radius 2 is 1.77 bits per heavy atom. The summed E-state index contributed by atoms with van der Waals surface area (Å²) in [5.74, 6) is -1.12. The van der Waals surface area contributed by atoms with Gasteiger partial charge in [-0.1, -0.05) is 25.3 Å². The first-order valence-electron chi connectivity index (χ1n) is 10.8. The number of benzene rings is 1. The molecule has 1 heterocycles. The van der Waals surface area contributed by atoms with Crippen molar-refractivity contribution in [2.75, 3.05) is 0 Å². The number of halogens is 1. The van der Waals surface area contributed by atoms with Crippen molar-refractivity contribution in [3.05, 3.63) is 35.0 Å². The average molecular weight is 439 g/mol. The van der Waals surface area contributed by atoms with Gasteiger partial charge in [-0.3, -0.25) is 4.79 Å². The molecule has 2 aromatic rings. The number of carbonyl (C=O) groups is 1. The van der Waals surface area contributed by atoms with E-state index in [0.29, 0.717) is 25.7 Å². The molecule has 3 rings (SSSR count). The van der Waals surface area contributed by atoms with Crippen molar-refractivity contribution in [3.63, 3.8) is 0 Å². The monoisotopic (exact) mass is 438 g/mol. The third-order valence-electron chi connectivity index (χ3n) is 6.30. The van der Waals surface area contributed by atoms with E-state index >= 15 is 0 Å². The summed E-state index contributed by atoms with van der Waals surface area (Å²) in [5, 5.41) is 41.0. The molecule has 0 bridgehead atoms. The minimum Gasteiger partial charge on any atom is -0.481 e. The molecule has 5 atom stereocenters. The van der Waals surface area contributed by atoms with Crippen molar-refractivity contribution < 1.29 is 29.6 Å². The molecule has 7 heteroatoms. The van der Waals surface area contributed by atoms with Crippen LogP contribution in [0.15, 0.2) is 24.3 Å². The van der Waals surface area contributed by atoms with Crippen LogP contribution in [0.2, 0.25) is 0 Å². The fourth-order valence-corrected chi connectivity index (χ4v) is 5.78. The van der Waals surface area contributed by atoms with Crippen molar-refractivity contribution in [1.82, 2.24) is 0 Å². The van der Waals surface area contributed by atoms with Crippen LogP contribution < -0.4 is 0 Å². The predicted octanol–water partition coefficient (Wildman–Crippen LogP) is 4.64. The molecule has 1 aliphatic carbocycles. The first-order chi connectivity index (χ1) is 14.3. The molecule has 166 valence electrons. The van der Waals surface area contributed by atoms with Gasteiger partial charge in [0.05, 0.1) is 18.3 Å². The third-order valence-corrected chi connectivity index (χ3v) is 7.50. The van der Waals surface area contributed by atoms with E-state index in [1.165, 1.54) is 23.5 Å². The lowest BCUT2D eigenvalue weighted by atomic mass is 9.84. The molecule has 0 spiro atoms. The van der Waals surface area contributed by atoms with Gasteiger partial charge in [0, 0.05) is 16.0 Å². The highest BCUT2D eigenvalue weighted by atomic mass is 32.1. The molecule has 0 saturated heterocycles. The largest absolute Gasteiger partial charge is 0.481 e. The average Bonchev–Trinajstić information content (AvgIpc) is 3.22. The van der Waals surface area contributed by atoms with Gasteiger partial charge in [0.15, 0.2) is 0 Å². The topological polar surface area (TPSA) is 98.0 Å². The van der Waals surface area contributed by atoms with Crippen molar-refractivity contribution in [2.24, 2.45) is 11.8 Å². The number of aliphatic hydroxyl groups excluding tert-OH is 3. The predicted molar refractivity (Wildman–Crippen MR) is 115 cm³/mol. The fraction of sp³-hybridized carbons (Fsp3) is 0.609. The lowest BCUT2D eigenvalue weighted by molar-refractivity contribution is -0.137. The van der Waals surface area contributed by atoms with Crippen LogP contribution in [0.5, 0.6) is 0 Å². The van der Waals surface area contributed by atoms with Crippen LogP contribution in [0.1, 0.15) is 68.8 Å². The fourth-order valence-electron chi connectivity index (χ4n) is 4.67. The van der Waals surface area contributed by atoms with Crippen LogP contribution in [0.25, 0.3) is 10.1 Å². The normalized spacial score (nSPS) is 25.1. The van der Waals surface area contributed by atoms with Crippen LogP contribution in [0.4, 0.5) is 4.39 Å². The SMILES string of the molecule is O=C(O)CCCCCCC1C(CCC(O)c2cc3ccc(F)cc3s2)[C@H](O)C[C@@H]1O. The van der Waals surface area contributed by atoms with Gasteiger partial charge < -0.3 is 20.4 Å². The lowest BCUT2D eigenvalue weighted by Gasteiger charge is -2.24. The summed E-state index contributed by atoms with van der Waals surface area (Å²) >= 11 is 1.38. The van der Waals surface area contributed by atoms with Crippen molar-refractivity contribution in [2.45, 2.75) is 76.1 Å². The van der Waals surface area contributed by atoms with Gasteiger partial charge in [-0.15, -0.1) is 11.3 Å². The first kappa shape index (κ1) is 23.1. The van der Waals surface area contributed by atoms with E-state index in [9.17, 15) is 24.5 Å². The molecule has 1 saturated carbocycles. The molecule has 1 fully saturated rings. The highest BCUT2D eigenvalue weighted by Crippen LogP contribution is 2.41. The number of rotatable bonds is 11. The molecular weight excluding hydrogens is 407 g/mol. The zero-order chi connectivity index (χ0) is 21.7. The number of hydrogen-bond acceptors (Lipinski definition) is 5. The molecule has 1 aromatic carbocycles. The quantitative estimate of drug-likeness (QED) is 0.383. The van der Waals surface area contributed by atoms with Crippen molar-refractivity contribution in [3.8, 4) is 0 Å². The Morgan fingerprint density at radius 3 is 2.50 bits per heavy atom. The van der Waals surface area contributed by atoms with E-state index < -0.39 is 24.3 Å². The summed E-state index contributed by atoms with van der Waals surface area (Å²) in [6, 6.07) is 6.48. The Hall–Kier alpha value is -1.54. The minimum atomic E-state index is -0.772. The van der Waals surface area contributed by atoms with E-state index in [4.69, 9.17) is 5.11 Å². The van der Waals surface area contributed by atoms with Crippen LogP contribution in [-0.2, 0) is 4.79 Å². The maximum absolute atomic E-state index is 13.4. The summed E-state index contributed by atoms with van der Waals surface area (Å²) in [4.78, 5) is 11.4. The molecule has 1 aromatic heterocycles. The second-order valence-electron chi connectivity index (χ2n) is 8.47. The third kappa shape index (κ3) is 6.00. The number of aliphatic hydroxyl groups is 3. The second kappa shape index (κ2) is 10.7. The zero-order valence-corrected chi connectivity index (χ0v) is 17.9. The smallest absolute Gasteiger partial charge is 0.303 e. The first-order valence-corrected chi connectivity index (χ1v) is 11.6. The molecule has 30 heavy (non-hydrogen) atoms. The summed E-state index contributed by atoms with van der Waals surface area (Å²) in [7, 11) is 0. The summed E-state index contributed by atoms with van der Waals surface area (Å²) in [6.07, 6.45) is 4.02. The Kier molecular flexibility index (Phi) is 8.22. The number of hydrogen-bond donors (Lipinski definition) is 4. The molecular formula is C23H31FO5S. The van der Waals surface area contributed by atoms with Gasteiger partial charge in [-0.25, -0.2) is 4.39 Å². The van der Waals surface area contributed by atoms with E-state index in [0.717, 1.165) is 40.6 Å². The van der Waals surface area contributed by atoms with Crippen LogP contribution in [0.3, 0.4) is 0 Å². The Morgan fingerprint density at radius 1 is 1.07 bits per heavy atom. The van der Waals surface area contributed by atoms with Crippen molar-refractivity contribution in [1.29, 1.82) is 0 Å². The summed E-state index contributed by atoms with van der Waals surface area (Å²) < 4.78 is 14.2. The molecule has 1 aliphatic rings.